The van der Waals surface area contributed by atoms with Crippen LogP contribution >= 0.6 is 0 Å². The van der Waals surface area contributed by atoms with E-state index in [4.69, 9.17) is 15.8 Å². The molecule has 9 aromatic rings. The Hall–Kier alpha value is -9.81. The Morgan fingerprint density at radius 2 is 0.691 bits per heavy atom. The van der Waals surface area contributed by atoms with E-state index < -0.39 is 0 Å². The summed E-state index contributed by atoms with van der Waals surface area (Å²) in [5.74, 6) is 8.26. The van der Waals surface area contributed by atoms with Crippen molar-refractivity contribution in [2.45, 2.75) is 182 Å². The van der Waals surface area contributed by atoms with Crippen LogP contribution < -0.4 is 16.0 Å². The van der Waals surface area contributed by atoms with Crippen molar-refractivity contribution in [2.75, 3.05) is 16.0 Å². The van der Waals surface area contributed by atoms with Crippen molar-refractivity contribution in [3.8, 4) is 35.7 Å². The summed E-state index contributed by atoms with van der Waals surface area (Å²) in [5, 5.41) is 53.5. The molecular weight excluding hydrogens is 1210 g/mol. The summed E-state index contributed by atoms with van der Waals surface area (Å²) in [6.45, 7) is 13.7. The fourth-order valence-corrected chi connectivity index (χ4v) is 14.2. The standard InChI is InChI=1S/2C26H30N6O.C24H26N6O/c2*1-16(2)19-5-3-17(4-6-19)10-24(33)22-15-28-25(11-23(22)31-21-7-8-21)32-26-20(14-30-32)9-18(12-27)13-29-26;1-14(2)17-5-15(6-17)8-22(31)20-13-26-23(9-21(20)29-19-3-4-19)30-24-18(12-28-30)7-16(10-25)11-27-24/h2*9,11,13-17,19,21H,3-8,10H2,1-2H3,(H,28,31);7,9,11-15,17,19H,3-6,8H2,1-2H3,(H,26,29). The summed E-state index contributed by atoms with van der Waals surface area (Å²) in [4.78, 5) is 66.5. The Kier molecular flexibility index (Phi) is 19.6. The smallest absolute Gasteiger partial charge is 0.166 e. The molecule has 6 aliphatic rings. The zero-order valence-electron chi connectivity index (χ0n) is 56.5. The highest BCUT2D eigenvalue weighted by atomic mass is 16.1. The third-order valence-corrected chi connectivity index (χ3v) is 20.9. The maximum atomic E-state index is 13.3. The number of nitriles is 3. The SMILES string of the molecule is CC(C)C1CC(CC(=O)c2cnc(-n3ncc4cc(C#N)cnc43)cc2NC2CC2)C1.CC(C)C1CCC(CC(=O)c2cnc(-n3ncc4cc(C#N)cnc43)cc2NC2CC2)CC1.CC(C)C1CCC(CC(=O)c2cnc(-n3ncc4cc(C#N)cnc43)cc2NC2CC2)CC1. The molecule has 0 unspecified atom stereocenters. The second kappa shape index (κ2) is 28.9. The van der Waals surface area contributed by atoms with E-state index >= 15 is 0 Å². The monoisotopic (exact) mass is 1300 g/mol. The molecule has 0 aliphatic heterocycles. The Morgan fingerprint density at radius 1 is 0.392 bits per heavy atom. The first-order chi connectivity index (χ1) is 47.0. The van der Waals surface area contributed by atoms with E-state index in [0.717, 1.165) is 140 Å². The maximum absolute atomic E-state index is 13.3. The molecule has 21 nitrogen and oxygen atoms in total. The third-order valence-electron chi connectivity index (χ3n) is 20.9. The molecule has 97 heavy (non-hydrogen) atoms. The highest BCUT2D eigenvalue weighted by Gasteiger charge is 2.35. The Bertz CT molecular complexity index is 4320. The molecule has 0 radical (unpaired) electrons. The number of anilines is 3. The van der Waals surface area contributed by atoms with Crippen LogP contribution in [0.15, 0.2) is 92.2 Å². The molecule has 0 spiro atoms. The van der Waals surface area contributed by atoms with Gasteiger partial charge < -0.3 is 16.0 Å². The number of hydrogen-bond acceptors (Lipinski definition) is 18. The van der Waals surface area contributed by atoms with Crippen LogP contribution in [0.2, 0.25) is 0 Å². The minimum atomic E-state index is 0.163. The number of pyridine rings is 6. The number of carbonyl (C=O) groups excluding carboxylic acids is 3. The van der Waals surface area contributed by atoms with E-state index in [9.17, 15) is 14.4 Å². The normalized spacial score (nSPS) is 20.6. The number of nitrogens with zero attached hydrogens (tertiary/aromatic N) is 15. The second-order valence-corrected chi connectivity index (χ2v) is 29.2. The van der Waals surface area contributed by atoms with Crippen molar-refractivity contribution < 1.29 is 14.4 Å². The molecule has 0 saturated heterocycles. The predicted molar refractivity (Wildman–Crippen MR) is 373 cm³/mol. The lowest BCUT2D eigenvalue weighted by Crippen LogP contribution is -2.29. The number of ketones is 3. The quantitative estimate of drug-likeness (QED) is 0.0563. The maximum Gasteiger partial charge on any atom is 0.166 e. The number of aromatic nitrogens is 12. The van der Waals surface area contributed by atoms with Gasteiger partial charge in [0.2, 0.25) is 0 Å². The van der Waals surface area contributed by atoms with Gasteiger partial charge in [-0.25, -0.2) is 29.9 Å². The summed E-state index contributed by atoms with van der Waals surface area (Å²) in [6, 6.07) is 18.6. The Labute approximate surface area is 566 Å². The van der Waals surface area contributed by atoms with Crippen molar-refractivity contribution in [3.05, 3.63) is 126 Å². The van der Waals surface area contributed by atoms with Gasteiger partial charge in [-0.05, 0) is 174 Å². The first kappa shape index (κ1) is 65.8. The zero-order chi connectivity index (χ0) is 67.4. The predicted octanol–water partition coefficient (Wildman–Crippen LogP) is 15.1. The number of Topliss-reactive ketones (excluding diaryl/α,β-unsaturated/α-hetero) is 3. The van der Waals surface area contributed by atoms with E-state index in [1.165, 1.54) is 44.3 Å². The fraction of sp³-hybridized carbons (Fsp3) is 0.487. The lowest BCUT2D eigenvalue weighted by Gasteiger charge is -2.37. The molecule has 15 rings (SSSR count). The first-order valence-electron chi connectivity index (χ1n) is 35.2. The van der Waals surface area contributed by atoms with Crippen LogP contribution in [-0.4, -0.2) is 94.7 Å². The molecule has 6 saturated carbocycles. The number of hydrogen-bond donors (Lipinski definition) is 3. The van der Waals surface area contributed by atoms with E-state index in [0.29, 0.717) is 129 Å². The number of nitrogens with one attached hydrogen (secondary N) is 3. The molecule has 0 aromatic carbocycles. The molecule has 6 fully saturated rings. The van der Waals surface area contributed by atoms with Crippen LogP contribution in [0.25, 0.3) is 50.6 Å². The molecule has 9 heterocycles. The summed E-state index contributed by atoms with van der Waals surface area (Å²) in [5.41, 5.74) is 7.91. The van der Waals surface area contributed by atoms with Gasteiger partial charge in [0.1, 0.15) is 18.2 Å². The van der Waals surface area contributed by atoms with Gasteiger partial charge in [0.25, 0.3) is 0 Å². The average molecular weight is 1300 g/mol. The number of fused-ring (bicyclic) bond motifs is 3. The van der Waals surface area contributed by atoms with E-state index in [2.05, 4.69) is 121 Å². The highest BCUT2D eigenvalue weighted by Crippen LogP contribution is 2.43. The summed E-state index contributed by atoms with van der Waals surface area (Å²) >= 11 is 0. The van der Waals surface area contributed by atoms with Crippen molar-refractivity contribution >= 4 is 67.5 Å². The van der Waals surface area contributed by atoms with Gasteiger partial charge >= 0.3 is 0 Å². The average Bonchev–Trinajstić information content (AvgIpc) is 1.79. The zero-order valence-corrected chi connectivity index (χ0v) is 56.5. The van der Waals surface area contributed by atoms with Crippen LogP contribution in [-0.2, 0) is 0 Å². The molecule has 9 aromatic heterocycles. The second-order valence-electron chi connectivity index (χ2n) is 29.2. The van der Waals surface area contributed by atoms with Gasteiger partial charge in [0, 0.05) is 109 Å². The molecule has 0 amide bonds. The van der Waals surface area contributed by atoms with Crippen LogP contribution in [0.5, 0.6) is 0 Å². The molecular formula is C76H86N18O3. The Balaban J connectivity index is 0.000000131. The van der Waals surface area contributed by atoms with Gasteiger partial charge in [-0.3, -0.25) is 14.4 Å². The minimum absolute atomic E-state index is 0.163. The summed E-state index contributed by atoms with van der Waals surface area (Å²) in [7, 11) is 0. The molecule has 0 atom stereocenters. The van der Waals surface area contributed by atoms with Gasteiger partial charge in [0.15, 0.2) is 51.7 Å². The molecule has 6 aliphatic carbocycles. The van der Waals surface area contributed by atoms with Gasteiger partial charge in [0.05, 0.1) is 69.0 Å². The lowest BCUT2D eigenvalue weighted by atomic mass is 9.67. The first-order valence-corrected chi connectivity index (χ1v) is 35.2. The van der Waals surface area contributed by atoms with Crippen molar-refractivity contribution in [3.63, 3.8) is 0 Å². The van der Waals surface area contributed by atoms with Crippen LogP contribution in [0, 0.1) is 87.3 Å². The molecule has 0 bridgehead atoms. The van der Waals surface area contributed by atoms with Crippen LogP contribution in [0.4, 0.5) is 17.1 Å². The van der Waals surface area contributed by atoms with Crippen molar-refractivity contribution in [1.29, 1.82) is 15.8 Å². The number of carbonyl (C=O) groups is 3. The van der Waals surface area contributed by atoms with Crippen LogP contribution in [0.1, 0.15) is 211 Å². The third kappa shape index (κ3) is 15.6. The van der Waals surface area contributed by atoms with Gasteiger partial charge in [-0.15, -0.1) is 0 Å². The summed E-state index contributed by atoms with van der Waals surface area (Å²) < 4.78 is 4.98. The van der Waals surface area contributed by atoms with Gasteiger partial charge in [-0.1, -0.05) is 41.5 Å². The Morgan fingerprint density at radius 3 is 0.969 bits per heavy atom. The van der Waals surface area contributed by atoms with Crippen LogP contribution in [0.3, 0.4) is 0 Å². The molecule has 21 heteroatoms. The molecule has 3 N–H and O–H groups in total. The van der Waals surface area contributed by atoms with Crippen molar-refractivity contribution in [1.82, 2.24) is 59.2 Å². The lowest BCUT2D eigenvalue weighted by molar-refractivity contribution is 0.0845. The van der Waals surface area contributed by atoms with E-state index in [1.54, 1.807) is 69.4 Å². The number of rotatable bonds is 21. The fourth-order valence-electron chi connectivity index (χ4n) is 14.2. The highest BCUT2D eigenvalue weighted by molar-refractivity contribution is 6.03. The minimum Gasteiger partial charge on any atom is -0.382 e. The summed E-state index contributed by atoms with van der Waals surface area (Å²) in [6.07, 6.45) is 35.0. The van der Waals surface area contributed by atoms with E-state index in [-0.39, 0.29) is 17.3 Å². The largest absolute Gasteiger partial charge is 0.382 e. The van der Waals surface area contributed by atoms with E-state index in [1.807, 2.05) is 18.2 Å². The molecule has 498 valence electrons. The topological polar surface area (TPSA) is 289 Å². The van der Waals surface area contributed by atoms with Crippen molar-refractivity contribution in [2.24, 2.45) is 53.3 Å². The van der Waals surface area contributed by atoms with Gasteiger partial charge in [-0.2, -0.15) is 45.1 Å².